The van der Waals surface area contributed by atoms with Crippen LogP contribution in [0.25, 0.3) is 42.4 Å². The normalized spacial score (nSPS) is 12.9. The molecule has 1 aliphatic rings. The van der Waals surface area contributed by atoms with Gasteiger partial charge in [-0.25, -0.2) is 0 Å². The maximum absolute atomic E-state index is 2.39. The van der Waals surface area contributed by atoms with Gasteiger partial charge in [-0.1, -0.05) is 158 Å². The summed E-state index contributed by atoms with van der Waals surface area (Å²) in [6.07, 6.45) is 0. The Morgan fingerprint density at radius 3 is 1.59 bits per heavy atom. The molecule has 0 radical (unpaired) electrons. The van der Waals surface area contributed by atoms with Crippen molar-refractivity contribution in [2.24, 2.45) is 0 Å². The SMILES string of the molecule is c1ccc(-c2ccc(N(c3ccccc3)c3ccc4sc5c(C6(c7ccccc7)c7ccccc7-c7ccccc76)cccc5c4c3)cc2)cc1. The van der Waals surface area contributed by atoms with E-state index in [1.54, 1.807) is 0 Å². The summed E-state index contributed by atoms with van der Waals surface area (Å²) in [5.74, 6) is 0. The van der Waals surface area contributed by atoms with Gasteiger partial charge >= 0.3 is 0 Å². The lowest BCUT2D eigenvalue weighted by Gasteiger charge is -2.34. The van der Waals surface area contributed by atoms with E-state index in [4.69, 9.17) is 0 Å². The Bertz CT molecular complexity index is 2630. The largest absolute Gasteiger partial charge is 0.310 e. The summed E-state index contributed by atoms with van der Waals surface area (Å²) < 4.78 is 2.62. The third kappa shape index (κ3) is 4.61. The van der Waals surface area contributed by atoms with Gasteiger partial charge in [0.2, 0.25) is 0 Å². The number of thiophene rings is 1. The number of para-hydroxylation sites is 1. The zero-order valence-corrected chi connectivity index (χ0v) is 28.7. The zero-order chi connectivity index (χ0) is 33.8. The number of nitrogens with zero attached hydrogens (tertiary/aromatic N) is 1. The molecule has 1 aromatic heterocycles. The Hall–Kier alpha value is -6.22. The van der Waals surface area contributed by atoms with Gasteiger partial charge in [-0.3, -0.25) is 0 Å². The van der Waals surface area contributed by atoms with Gasteiger partial charge < -0.3 is 4.90 Å². The van der Waals surface area contributed by atoms with Crippen LogP contribution in [-0.4, -0.2) is 0 Å². The summed E-state index contributed by atoms with van der Waals surface area (Å²) in [5, 5.41) is 2.57. The average molecular weight is 668 g/mol. The number of hydrogen-bond acceptors (Lipinski definition) is 2. The van der Waals surface area contributed by atoms with E-state index < -0.39 is 5.41 Å². The van der Waals surface area contributed by atoms with E-state index in [-0.39, 0.29) is 0 Å². The summed E-state index contributed by atoms with van der Waals surface area (Å²) in [6.45, 7) is 0. The molecule has 240 valence electrons. The fourth-order valence-corrected chi connectivity index (χ4v) is 9.61. The second kappa shape index (κ2) is 12.0. The molecule has 0 saturated carbocycles. The van der Waals surface area contributed by atoms with Crippen LogP contribution in [0.2, 0.25) is 0 Å². The molecule has 8 aromatic carbocycles. The van der Waals surface area contributed by atoms with Crippen molar-refractivity contribution in [3.05, 3.63) is 222 Å². The van der Waals surface area contributed by atoms with E-state index in [1.807, 2.05) is 11.3 Å². The molecule has 0 amide bonds. The second-order valence-electron chi connectivity index (χ2n) is 13.3. The van der Waals surface area contributed by atoms with Gasteiger partial charge in [0.05, 0.1) is 5.41 Å². The topological polar surface area (TPSA) is 3.24 Å². The van der Waals surface area contributed by atoms with E-state index in [2.05, 4.69) is 205 Å². The highest BCUT2D eigenvalue weighted by Crippen LogP contribution is 2.58. The Labute approximate surface area is 302 Å². The highest BCUT2D eigenvalue weighted by atomic mass is 32.1. The van der Waals surface area contributed by atoms with Crippen LogP contribution in [0.4, 0.5) is 17.1 Å². The van der Waals surface area contributed by atoms with Gasteiger partial charge in [0.1, 0.15) is 0 Å². The van der Waals surface area contributed by atoms with Gasteiger partial charge in [-0.05, 0) is 87.0 Å². The van der Waals surface area contributed by atoms with Crippen molar-refractivity contribution in [3.63, 3.8) is 0 Å². The molecule has 1 nitrogen and oxygen atoms in total. The summed E-state index contributed by atoms with van der Waals surface area (Å²) >= 11 is 1.91. The lowest BCUT2D eigenvalue weighted by molar-refractivity contribution is 0.778. The molecule has 0 fully saturated rings. The van der Waals surface area contributed by atoms with Crippen LogP contribution in [-0.2, 0) is 5.41 Å². The van der Waals surface area contributed by atoms with Crippen LogP contribution in [0.3, 0.4) is 0 Å². The fraction of sp³-hybridized carbons (Fsp3) is 0.0204. The maximum atomic E-state index is 2.39. The highest BCUT2D eigenvalue weighted by molar-refractivity contribution is 7.26. The number of fused-ring (bicyclic) bond motifs is 6. The monoisotopic (exact) mass is 667 g/mol. The molecule has 2 heteroatoms. The molecule has 10 rings (SSSR count). The Balaban J connectivity index is 1.18. The van der Waals surface area contributed by atoms with E-state index in [9.17, 15) is 0 Å². The first-order valence-electron chi connectivity index (χ1n) is 17.5. The van der Waals surface area contributed by atoms with Crippen LogP contribution in [0, 0.1) is 0 Å². The highest BCUT2D eigenvalue weighted by Gasteiger charge is 2.46. The van der Waals surface area contributed by atoms with Crippen LogP contribution in [0.5, 0.6) is 0 Å². The van der Waals surface area contributed by atoms with Gasteiger partial charge in [0.15, 0.2) is 0 Å². The first kappa shape index (κ1) is 29.7. The van der Waals surface area contributed by atoms with Crippen LogP contribution in [0.15, 0.2) is 200 Å². The zero-order valence-electron chi connectivity index (χ0n) is 27.9. The molecule has 51 heavy (non-hydrogen) atoms. The first-order valence-corrected chi connectivity index (χ1v) is 18.3. The molecule has 0 atom stereocenters. The van der Waals surface area contributed by atoms with Gasteiger partial charge in [-0.15, -0.1) is 11.3 Å². The van der Waals surface area contributed by atoms with Crippen LogP contribution in [0.1, 0.15) is 22.3 Å². The average Bonchev–Trinajstić information content (AvgIpc) is 3.73. The van der Waals surface area contributed by atoms with Crippen LogP contribution >= 0.6 is 11.3 Å². The Morgan fingerprint density at radius 1 is 0.373 bits per heavy atom. The lowest BCUT2D eigenvalue weighted by atomic mass is 9.67. The van der Waals surface area contributed by atoms with E-state index in [0.717, 1.165) is 17.1 Å². The van der Waals surface area contributed by atoms with Crippen molar-refractivity contribution in [2.75, 3.05) is 4.90 Å². The second-order valence-corrected chi connectivity index (χ2v) is 14.3. The van der Waals surface area contributed by atoms with Crippen molar-refractivity contribution in [1.29, 1.82) is 0 Å². The van der Waals surface area contributed by atoms with Crippen molar-refractivity contribution in [3.8, 4) is 22.3 Å². The van der Waals surface area contributed by atoms with E-state index in [1.165, 1.54) is 64.7 Å². The first-order chi connectivity index (χ1) is 25.3. The molecule has 0 spiro atoms. The van der Waals surface area contributed by atoms with Gasteiger partial charge in [-0.2, -0.15) is 0 Å². The van der Waals surface area contributed by atoms with Gasteiger partial charge in [0, 0.05) is 37.2 Å². The number of rotatable bonds is 6. The predicted octanol–water partition coefficient (Wildman–Crippen LogP) is 13.6. The summed E-state index contributed by atoms with van der Waals surface area (Å²) in [5.41, 5.74) is 13.3. The van der Waals surface area contributed by atoms with Crippen molar-refractivity contribution in [1.82, 2.24) is 0 Å². The number of benzene rings is 8. The minimum absolute atomic E-state index is 0.436. The summed E-state index contributed by atoms with van der Waals surface area (Å²) in [7, 11) is 0. The molecule has 1 heterocycles. The summed E-state index contributed by atoms with van der Waals surface area (Å²) in [6, 6.07) is 73.3. The molecule has 0 saturated heterocycles. The van der Waals surface area contributed by atoms with Crippen molar-refractivity contribution < 1.29 is 0 Å². The maximum Gasteiger partial charge on any atom is 0.0727 e. The van der Waals surface area contributed by atoms with Crippen molar-refractivity contribution in [2.45, 2.75) is 5.41 Å². The third-order valence-electron chi connectivity index (χ3n) is 10.5. The molecule has 0 aliphatic heterocycles. The molecule has 1 aliphatic carbocycles. The number of hydrogen-bond donors (Lipinski definition) is 0. The van der Waals surface area contributed by atoms with Gasteiger partial charge in [0.25, 0.3) is 0 Å². The quantitative estimate of drug-likeness (QED) is 0.171. The van der Waals surface area contributed by atoms with Crippen molar-refractivity contribution >= 4 is 48.6 Å². The minimum Gasteiger partial charge on any atom is -0.310 e. The predicted molar refractivity (Wildman–Crippen MR) is 217 cm³/mol. The molecule has 0 bridgehead atoms. The molecule has 0 unspecified atom stereocenters. The molecular weight excluding hydrogens is 635 g/mol. The minimum atomic E-state index is -0.436. The molecule has 9 aromatic rings. The third-order valence-corrected chi connectivity index (χ3v) is 11.8. The summed E-state index contributed by atoms with van der Waals surface area (Å²) in [4.78, 5) is 2.37. The standard InChI is InChI=1S/C49H33NS/c1-4-15-34(16-5-1)35-27-29-38(30-28-35)50(37-19-8-3-9-20-37)39-31-32-47-43(33-39)42-23-14-26-46(48(42)51-47)49(36-17-6-2-7-18-36)44-24-12-10-21-40(44)41-22-11-13-25-45(41)49/h1-33H. The Kier molecular flexibility index (Phi) is 6.97. The van der Waals surface area contributed by atoms with Crippen LogP contribution < -0.4 is 4.90 Å². The molecule has 0 N–H and O–H groups in total. The smallest absolute Gasteiger partial charge is 0.0727 e. The van der Waals surface area contributed by atoms with E-state index >= 15 is 0 Å². The lowest BCUT2D eigenvalue weighted by Crippen LogP contribution is -2.28. The van der Waals surface area contributed by atoms with E-state index in [0.29, 0.717) is 0 Å². The molecular formula is C49H33NS. The number of anilines is 3. The Morgan fingerprint density at radius 2 is 0.902 bits per heavy atom. The fourth-order valence-electron chi connectivity index (χ4n) is 8.36.